The van der Waals surface area contributed by atoms with Crippen LogP contribution in [0.25, 0.3) is 0 Å². The molecule has 0 spiro atoms. The van der Waals surface area contributed by atoms with Gasteiger partial charge in [0.05, 0.1) is 13.0 Å². The zero-order valence-electron chi connectivity index (χ0n) is 10.4. The highest BCUT2D eigenvalue weighted by Crippen LogP contribution is 2.30. The van der Waals surface area contributed by atoms with Gasteiger partial charge >= 0.3 is 0 Å². The van der Waals surface area contributed by atoms with Gasteiger partial charge in [0.25, 0.3) is 0 Å². The molecule has 1 aliphatic heterocycles. The molecule has 0 fully saturated rings. The lowest BCUT2D eigenvalue weighted by molar-refractivity contribution is -0.117. The number of nitrogens with zero attached hydrogens (tertiary/aromatic N) is 3. The number of halogens is 1. The lowest BCUT2D eigenvalue weighted by atomic mass is 10.2. The van der Waals surface area contributed by atoms with Crippen LogP contribution in [0.4, 0.5) is 5.69 Å². The van der Waals surface area contributed by atoms with E-state index in [0.29, 0.717) is 19.5 Å². The summed E-state index contributed by atoms with van der Waals surface area (Å²) in [6.07, 6.45) is 5.41. The van der Waals surface area contributed by atoms with E-state index in [-0.39, 0.29) is 5.91 Å². The van der Waals surface area contributed by atoms with Crippen LogP contribution in [-0.2, 0) is 11.2 Å². The molecule has 1 aliphatic rings. The summed E-state index contributed by atoms with van der Waals surface area (Å²) in [7, 11) is 0. The van der Waals surface area contributed by atoms with E-state index in [1.165, 1.54) is 0 Å². The van der Waals surface area contributed by atoms with Crippen molar-refractivity contribution < 1.29 is 4.79 Å². The molecular formula is C14H14BrN3O. The van der Waals surface area contributed by atoms with E-state index in [1.807, 2.05) is 18.2 Å². The molecule has 0 unspecified atom stereocenters. The number of hydrogen-bond acceptors (Lipinski definition) is 3. The number of rotatable bonds is 5. The van der Waals surface area contributed by atoms with Crippen LogP contribution in [0.2, 0.25) is 0 Å². The molecule has 0 aliphatic carbocycles. The van der Waals surface area contributed by atoms with E-state index < -0.39 is 0 Å². The zero-order valence-corrected chi connectivity index (χ0v) is 12.0. The van der Waals surface area contributed by atoms with E-state index in [1.54, 1.807) is 23.4 Å². The van der Waals surface area contributed by atoms with Crippen LogP contribution in [0.15, 0.2) is 44.9 Å². The molecule has 0 saturated heterocycles. The van der Waals surface area contributed by atoms with Gasteiger partial charge in [0.2, 0.25) is 5.91 Å². The van der Waals surface area contributed by atoms with Gasteiger partial charge in [-0.3, -0.25) is 14.8 Å². The molecule has 5 heteroatoms. The monoisotopic (exact) mass is 319 g/mol. The maximum absolute atomic E-state index is 11.9. The Hall–Kier alpha value is -1.75. The minimum Gasteiger partial charge on any atom is -0.310 e. The number of fused-ring (bicyclic) bond motifs is 1. The Morgan fingerprint density at radius 2 is 2.32 bits per heavy atom. The van der Waals surface area contributed by atoms with Gasteiger partial charge in [-0.1, -0.05) is 15.9 Å². The van der Waals surface area contributed by atoms with E-state index in [9.17, 15) is 4.79 Å². The normalized spacial score (nSPS) is 14.6. The lowest BCUT2D eigenvalue weighted by Crippen LogP contribution is -2.29. The molecule has 1 aromatic carbocycles. The molecule has 4 nitrogen and oxygen atoms in total. The molecule has 0 radical (unpaired) electrons. The summed E-state index contributed by atoms with van der Waals surface area (Å²) in [4.78, 5) is 21.5. The Labute approximate surface area is 120 Å². The summed E-state index contributed by atoms with van der Waals surface area (Å²) < 4.78 is 1.00. The van der Waals surface area contributed by atoms with Crippen molar-refractivity contribution in [2.75, 3.05) is 18.0 Å². The Bertz CT molecular complexity index is 552. The third-order valence-corrected chi connectivity index (χ3v) is 3.30. The second-order valence-electron chi connectivity index (χ2n) is 4.07. The Morgan fingerprint density at radius 3 is 3.11 bits per heavy atom. The second-order valence-corrected chi connectivity index (χ2v) is 4.99. The average Bonchev–Trinajstić information content (AvgIpc) is 2.69. The molecule has 2 rings (SSSR count). The summed E-state index contributed by atoms with van der Waals surface area (Å²) >= 11 is 3.42. The van der Waals surface area contributed by atoms with E-state index in [2.05, 4.69) is 32.6 Å². The number of carbonyl (C=O) groups excluding carboxylic acids is 1. The molecule has 98 valence electrons. The second kappa shape index (κ2) is 6.43. The van der Waals surface area contributed by atoms with Crippen LogP contribution in [0.3, 0.4) is 0 Å². The van der Waals surface area contributed by atoms with E-state index in [0.717, 1.165) is 15.7 Å². The Kier molecular flexibility index (Phi) is 4.63. The molecule has 1 heterocycles. The van der Waals surface area contributed by atoms with Crippen molar-refractivity contribution in [3.63, 3.8) is 0 Å². The number of aliphatic imine (C=N–C) groups is 2. The standard InChI is InChI=1S/C14H14BrN3O/c1-16-5-2-6-17-7-8-18-13-4-3-12(15)9-11(13)10-14(18)19/h2-6,9H,1,7-8,10H2/b5-2-,17-6?. The van der Waals surface area contributed by atoms with Gasteiger partial charge in [0, 0.05) is 29.1 Å². The quantitative estimate of drug-likeness (QED) is 0.769. The van der Waals surface area contributed by atoms with Gasteiger partial charge in [0.1, 0.15) is 0 Å². The third-order valence-electron chi connectivity index (χ3n) is 2.81. The van der Waals surface area contributed by atoms with Gasteiger partial charge < -0.3 is 4.90 Å². The molecule has 1 amide bonds. The summed E-state index contributed by atoms with van der Waals surface area (Å²) in [6, 6.07) is 5.91. The van der Waals surface area contributed by atoms with Crippen LogP contribution in [0.5, 0.6) is 0 Å². The highest BCUT2D eigenvalue weighted by atomic mass is 79.9. The number of allylic oxidation sites excluding steroid dienone is 1. The molecule has 0 atom stereocenters. The molecule has 0 aromatic heterocycles. The van der Waals surface area contributed by atoms with Gasteiger partial charge in [-0.05, 0) is 36.6 Å². The van der Waals surface area contributed by atoms with Crippen molar-refractivity contribution >= 4 is 40.5 Å². The Morgan fingerprint density at radius 1 is 1.47 bits per heavy atom. The third kappa shape index (κ3) is 3.38. The largest absolute Gasteiger partial charge is 0.310 e. The van der Waals surface area contributed by atoms with Gasteiger partial charge in [-0.2, -0.15) is 0 Å². The molecular weight excluding hydrogens is 306 g/mol. The molecule has 0 saturated carbocycles. The van der Waals surface area contributed by atoms with Crippen molar-refractivity contribution in [3.8, 4) is 0 Å². The van der Waals surface area contributed by atoms with Crippen molar-refractivity contribution in [3.05, 3.63) is 40.5 Å². The predicted octanol–water partition coefficient (Wildman–Crippen LogP) is 2.62. The topological polar surface area (TPSA) is 45.0 Å². The summed E-state index contributed by atoms with van der Waals surface area (Å²) in [5, 5.41) is 0. The fourth-order valence-electron chi connectivity index (χ4n) is 1.99. The van der Waals surface area contributed by atoms with Crippen molar-refractivity contribution in [2.24, 2.45) is 9.98 Å². The predicted molar refractivity (Wildman–Crippen MR) is 82.2 cm³/mol. The SMILES string of the molecule is C=N/C=C\C=NCCN1C(=O)Cc2cc(Br)ccc21. The van der Waals surface area contributed by atoms with Crippen LogP contribution >= 0.6 is 15.9 Å². The number of benzene rings is 1. The zero-order chi connectivity index (χ0) is 13.7. The average molecular weight is 320 g/mol. The first-order valence-electron chi connectivity index (χ1n) is 5.92. The van der Waals surface area contributed by atoms with Crippen molar-refractivity contribution in [1.82, 2.24) is 0 Å². The number of carbonyl (C=O) groups is 1. The van der Waals surface area contributed by atoms with E-state index in [4.69, 9.17) is 0 Å². The molecule has 0 bridgehead atoms. The summed E-state index contributed by atoms with van der Waals surface area (Å²) in [6.45, 7) is 4.50. The minimum absolute atomic E-state index is 0.131. The van der Waals surface area contributed by atoms with Crippen molar-refractivity contribution in [1.29, 1.82) is 0 Å². The van der Waals surface area contributed by atoms with Gasteiger partial charge in [0.15, 0.2) is 0 Å². The molecule has 19 heavy (non-hydrogen) atoms. The first-order valence-corrected chi connectivity index (χ1v) is 6.71. The molecule has 1 aromatic rings. The lowest BCUT2D eigenvalue weighted by Gasteiger charge is -2.15. The summed E-state index contributed by atoms with van der Waals surface area (Å²) in [5.41, 5.74) is 2.06. The first-order chi connectivity index (χ1) is 9.22. The summed E-state index contributed by atoms with van der Waals surface area (Å²) in [5.74, 6) is 0.131. The fraction of sp³-hybridized carbons (Fsp3) is 0.214. The number of anilines is 1. The first kappa shape index (κ1) is 13.7. The van der Waals surface area contributed by atoms with Crippen LogP contribution in [0.1, 0.15) is 5.56 Å². The highest BCUT2D eigenvalue weighted by molar-refractivity contribution is 9.10. The maximum atomic E-state index is 11.9. The highest BCUT2D eigenvalue weighted by Gasteiger charge is 2.26. The van der Waals surface area contributed by atoms with Gasteiger partial charge in [-0.25, -0.2) is 0 Å². The van der Waals surface area contributed by atoms with Gasteiger partial charge in [-0.15, -0.1) is 0 Å². The Balaban J connectivity index is 1.98. The number of hydrogen-bond donors (Lipinski definition) is 0. The fourth-order valence-corrected chi connectivity index (χ4v) is 2.40. The van der Waals surface area contributed by atoms with Crippen molar-refractivity contribution in [2.45, 2.75) is 6.42 Å². The minimum atomic E-state index is 0.131. The number of amides is 1. The smallest absolute Gasteiger partial charge is 0.231 e. The van der Waals surface area contributed by atoms with Crippen LogP contribution in [0, 0.1) is 0 Å². The van der Waals surface area contributed by atoms with E-state index >= 15 is 0 Å². The van der Waals surface area contributed by atoms with Crippen LogP contribution < -0.4 is 4.90 Å². The van der Waals surface area contributed by atoms with Crippen LogP contribution in [-0.4, -0.2) is 31.9 Å². The molecule has 0 N–H and O–H groups in total. The maximum Gasteiger partial charge on any atom is 0.231 e.